The predicted octanol–water partition coefficient (Wildman–Crippen LogP) is 0.434. The third-order valence-electron chi connectivity index (χ3n) is 0.768. The smallest absolute Gasteiger partial charge is 0.185 e. The van der Waals surface area contributed by atoms with Crippen LogP contribution in [0.2, 0.25) is 0 Å². The Morgan fingerprint density at radius 2 is 2.50 bits per heavy atom. The van der Waals surface area contributed by atoms with Gasteiger partial charge < -0.3 is 9.63 Å². The summed E-state index contributed by atoms with van der Waals surface area (Å²) >= 11 is 1.10. The molecule has 2 atom stereocenters. The molecule has 0 aliphatic carbocycles. The topological polar surface area (TPSA) is 46.5 Å². The van der Waals surface area contributed by atoms with Crippen LogP contribution in [0.15, 0.2) is 0 Å². The number of thioether (sulfide) groups is 1. The Morgan fingerprint density at radius 3 is 2.90 bits per heavy atom. The van der Waals surface area contributed by atoms with E-state index < -0.39 is 6.10 Å². The van der Waals surface area contributed by atoms with Crippen LogP contribution in [-0.4, -0.2) is 28.7 Å². The molecule has 0 aromatic heterocycles. The molecule has 3 nitrogen and oxygen atoms in total. The third kappa shape index (κ3) is 6.49. The maximum Gasteiger partial charge on any atom is 0.185 e. The molecule has 10 heavy (non-hydrogen) atoms. The van der Waals surface area contributed by atoms with Gasteiger partial charge in [0.2, 0.25) is 0 Å². The molecule has 0 radical (unpaired) electrons. The molecule has 0 fully saturated rings. The van der Waals surface area contributed by atoms with E-state index in [1.807, 2.05) is 9.47 Å². The van der Waals surface area contributed by atoms with Crippen LogP contribution in [0.5, 0.6) is 0 Å². The van der Waals surface area contributed by atoms with Gasteiger partial charge in [0.15, 0.2) is 5.12 Å². The molecule has 0 saturated heterocycles. The zero-order chi connectivity index (χ0) is 7.98. The Balaban J connectivity index is 3.21. The van der Waals surface area contributed by atoms with Gasteiger partial charge in [0, 0.05) is 22.1 Å². The highest BCUT2D eigenvalue weighted by Gasteiger charge is 2.04. The van der Waals surface area contributed by atoms with E-state index in [4.69, 9.17) is 5.11 Å². The van der Waals surface area contributed by atoms with E-state index in [0.717, 1.165) is 11.8 Å². The second-order valence-electron chi connectivity index (χ2n) is 1.79. The monoisotopic (exact) mass is 182 g/mol. The predicted molar refractivity (Wildman–Crippen MR) is 44.8 cm³/mol. The lowest BCUT2D eigenvalue weighted by atomic mass is 10.4. The van der Waals surface area contributed by atoms with Crippen molar-refractivity contribution in [1.82, 2.24) is 0 Å². The average Bonchev–Trinajstić information content (AvgIpc) is 1.85. The molecule has 60 valence electrons. The molecule has 1 N–H and O–H groups in total. The van der Waals surface area contributed by atoms with Crippen molar-refractivity contribution in [3.05, 3.63) is 0 Å². The Hall–Kier alpha value is 0.370. The fourth-order valence-corrected chi connectivity index (χ4v) is 1.12. The van der Waals surface area contributed by atoms with Gasteiger partial charge in [-0.1, -0.05) is 11.8 Å². The minimum Gasteiger partial charge on any atom is -0.390 e. The highest BCUT2D eigenvalue weighted by molar-refractivity contribution is 8.13. The summed E-state index contributed by atoms with van der Waals surface area (Å²) in [7, 11) is 2.04. The molecule has 5 heteroatoms. The standard InChI is InChI=1S/C5H11O3PS/c1-4(6)10-3-5(7)2-8-9/h5,7H,2-3,9H2,1H3. The van der Waals surface area contributed by atoms with E-state index in [2.05, 4.69) is 4.52 Å². The Morgan fingerprint density at radius 1 is 1.90 bits per heavy atom. The van der Waals surface area contributed by atoms with E-state index >= 15 is 0 Å². The van der Waals surface area contributed by atoms with E-state index in [0.29, 0.717) is 5.75 Å². The van der Waals surface area contributed by atoms with Crippen molar-refractivity contribution in [1.29, 1.82) is 0 Å². The number of carbonyl (C=O) groups excluding carboxylic acids is 1. The van der Waals surface area contributed by atoms with Crippen molar-refractivity contribution in [3.63, 3.8) is 0 Å². The first-order valence-electron chi connectivity index (χ1n) is 2.80. The maximum atomic E-state index is 10.4. The summed E-state index contributed by atoms with van der Waals surface area (Å²) in [5.74, 6) is 0.406. The minimum atomic E-state index is -0.550. The lowest BCUT2D eigenvalue weighted by Gasteiger charge is -2.05. The molecular weight excluding hydrogens is 171 g/mol. The normalized spacial score (nSPS) is 13.1. The summed E-state index contributed by atoms with van der Waals surface area (Å²) in [4.78, 5) is 10.4. The van der Waals surface area contributed by atoms with Crippen LogP contribution < -0.4 is 0 Å². The molecule has 0 saturated carbocycles. The van der Waals surface area contributed by atoms with Gasteiger partial charge in [0.05, 0.1) is 12.7 Å². The molecule has 2 unspecified atom stereocenters. The Labute approximate surface area is 66.8 Å². The fraction of sp³-hybridized carbons (Fsp3) is 0.800. The maximum absolute atomic E-state index is 10.4. The molecule has 0 aliphatic heterocycles. The third-order valence-corrected chi connectivity index (χ3v) is 1.92. The zero-order valence-electron chi connectivity index (χ0n) is 5.74. The van der Waals surface area contributed by atoms with Crippen LogP contribution >= 0.6 is 21.2 Å². The van der Waals surface area contributed by atoms with E-state index in [-0.39, 0.29) is 11.7 Å². The first-order chi connectivity index (χ1) is 4.66. The van der Waals surface area contributed by atoms with Crippen LogP contribution in [0, 0.1) is 0 Å². The van der Waals surface area contributed by atoms with Gasteiger partial charge in [-0.2, -0.15) is 0 Å². The van der Waals surface area contributed by atoms with Crippen LogP contribution in [0.1, 0.15) is 6.92 Å². The first-order valence-corrected chi connectivity index (χ1v) is 4.25. The Kier molecular flexibility index (Phi) is 6.33. The lowest BCUT2D eigenvalue weighted by Crippen LogP contribution is -2.16. The van der Waals surface area contributed by atoms with Gasteiger partial charge >= 0.3 is 0 Å². The lowest BCUT2D eigenvalue weighted by molar-refractivity contribution is -0.109. The van der Waals surface area contributed by atoms with Gasteiger partial charge in [-0.05, 0) is 0 Å². The SMILES string of the molecule is CC(=O)SCC(O)COP. The van der Waals surface area contributed by atoms with Crippen LogP contribution in [0.25, 0.3) is 0 Å². The largest absolute Gasteiger partial charge is 0.390 e. The van der Waals surface area contributed by atoms with Crippen molar-refractivity contribution in [2.45, 2.75) is 13.0 Å². The molecular formula is C5H11O3PS. The highest BCUT2D eigenvalue weighted by Crippen LogP contribution is 2.04. The molecule has 0 aliphatic rings. The summed E-state index contributed by atoms with van der Waals surface area (Å²) in [5, 5.41) is 9.00. The Bertz CT molecular complexity index is 109. The van der Waals surface area contributed by atoms with Crippen LogP contribution in [-0.2, 0) is 9.32 Å². The van der Waals surface area contributed by atoms with Crippen molar-refractivity contribution >= 4 is 26.3 Å². The number of hydrogen-bond acceptors (Lipinski definition) is 4. The highest BCUT2D eigenvalue weighted by atomic mass is 32.2. The van der Waals surface area contributed by atoms with Gasteiger partial charge in [-0.15, -0.1) is 0 Å². The minimum absolute atomic E-state index is 0.0165. The van der Waals surface area contributed by atoms with Crippen LogP contribution in [0.3, 0.4) is 0 Å². The second-order valence-corrected chi connectivity index (χ2v) is 3.32. The van der Waals surface area contributed by atoms with Crippen LogP contribution in [0.4, 0.5) is 0 Å². The summed E-state index contributed by atoms with van der Waals surface area (Å²) in [5.41, 5.74) is 0. The average molecular weight is 182 g/mol. The van der Waals surface area contributed by atoms with Crippen molar-refractivity contribution in [3.8, 4) is 0 Å². The molecule has 0 spiro atoms. The zero-order valence-corrected chi connectivity index (χ0v) is 7.71. The van der Waals surface area contributed by atoms with Gasteiger partial charge in [0.1, 0.15) is 0 Å². The molecule has 0 amide bonds. The molecule has 0 heterocycles. The van der Waals surface area contributed by atoms with Gasteiger partial charge in [0.25, 0.3) is 0 Å². The van der Waals surface area contributed by atoms with Gasteiger partial charge in [-0.25, -0.2) is 0 Å². The number of hydrogen-bond donors (Lipinski definition) is 1. The molecule has 0 rings (SSSR count). The van der Waals surface area contributed by atoms with Crippen molar-refractivity contribution in [2.24, 2.45) is 0 Å². The van der Waals surface area contributed by atoms with Crippen molar-refractivity contribution in [2.75, 3.05) is 12.4 Å². The van der Waals surface area contributed by atoms with E-state index in [1.165, 1.54) is 6.92 Å². The number of aliphatic hydroxyl groups excluding tert-OH is 1. The molecule has 0 aromatic rings. The summed E-state index contributed by atoms with van der Waals surface area (Å²) < 4.78 is 4.58. The summed E-state index contributed by atoms with van der Waals surface area (Å²) in [6, 6.07) is 0. The molecule has 0 aromatic carbocycles. The second kappa shape index (κ2) is 6.10. The van der Waals surface area contributed by atoms with Gasteiger partial charge in [-0.3, -0.25) is 4.79 Å². The van der Waals surface area contributed by atoms with E-state index in [1.54, 1.807) is 0 Å². The van der Waals surface area contributed by atoms with Crippen molar-refractivity contribution < 1.29 is 14.4 Å². The van der Waals surface area contributed by atoms with E-state index in [9.17, 15) is 4.79 Å². The fourth-order valence-electron chi connectivity index (χ4n) is 0.373. The quantitative estimate of drug-likeness (QED) is 0.640. The summed E-state index contributed by atoms with van der Waals surface area (Å²) in [6.45, 7) is 1.73. The number of rotatable bonds is 4. The number of aliphatic hydroxyl groups is 1. The first kappa shape index (κ1) is 10.4. The molecule has 0 bridgehead atoms. The summed E-state index contributed by atoms with van der Waals surface area (Å²) in [6.07, 6.45) is -0.550. The number of carbonyl (C=O) groups is 1.